The van der Waals surface area contributed by atoms with Crippen molar-refractivity contribution in [3.05, 3.63) is 41.5 Å². The summed E-state index contributed by atoms with van der Waals surface area (Å²) in [6.45, 7) is 4.19. The first-order valence-electron chi connectivity index (χ1n) is 7.86. The van der Waals surface area contributed by atoms with Crippen molar-refractivity contribution in [1.29, 1.82) is 0 Å². The zero-order valence-electron chi connectivity index (χ0n) is 15.0. The second-order valence-corrected chi connectivity index (χ2v) is 5.78. The van der Waals surface area contributed by atoms with E-state index in [0.717, 1.165) is 11.3 Å². The SMILES string of the molecule is COc1cc(C(=O)O)c(Nc2cccc(C(C)C)c2)c(OC)c1OC. The molecule has 2 aromatic carbocycles. The fourth-order valence-corrected chi connectivity index (χ4v) is 2.57. The van der Waals surface area contributed by atoms with Crippen LogP contribution in [0.1, 0.15) is 35.7 Å². The number of hydrogen-bond donors (Lipinski definition) is 2. The molecule has 2 aromatic rings. The molecule has 0 bridgehead atoms. The summed E-state index contributed by atoms with van der Waals surface area (Å²) in [4.78, 5) is 11.7. The van der Waals surface area contributed by atoms with Crippen molar-refractivity contribution in [2.45, 2.75) is 19.8 Å². The van der Waals surface area contributed by atoms with Crippen LogP contribution in [0.2, 0.25) is 0 Å². The monoisotopic (exact) mass is 345 g/mol. The largest absolute Gasteiger partial charge is 0.493 e. The summed E-state index contributed by atoms with van der Waals surface area (Å²) in [6, 6.07) is 9.21. The van der Waals surface area contributed by atoms with Crippen molar-refractivity contribution in [2.24, 2.45) is 0 Å². The van der Waals surface area contributed by atoms with E-state index in [1.165, 1.54) is 27.4 Å². The summed E-state index contributed by atoms with van der Waals surface area (Å²) in [7, 11) is 4.38. The minimum Gasteiger partial charge on any atom is -0.493 e. The van der Waals surface area contributed by atoms with Gasteiger partial charge in [0.25, 0.3) is 0 Å². The molecule has 6 heteroatoms. The molecule has 0 aromatic heterocycles. The number of benzene rings is 2. The lowest BCUT2D eigenvalue weighted by Gasteiger charge is -2.19. The fraction of sp³-hybridized carbons (Fsp3) is 0.316. The molecule has 0 fully saturated rings. The molecule has 0 saturated carbocycles. The van der Waals surface area contributed by atoms with Crippen LogP contribution in [0.3, 0.4) is 0 Å². The zero-order chi connectivity index (χ0) is 18.6. The van der Waals surface area contributed by atoms with Gasteiger partial charge in [-0.05, 0) is 23.6 Å². The Morgan fingerprint density at radius 3 is 2.24 bits per heavy atom. The van der Waals surface area contributed by atoms with E-state index in [-0.39, 0.29) is 11.3 Å². The molecule has 0 spiro atoms. The molecule has 0 aliphatic heterocycles. The van der Waals surface area contributed by atoms with Gasteiger partial charge in [0.15, 0.2) is 11.5 Å². The van der Waals surface area contributed by atoms with Gasteiger partial charge in [0.05, 0.1) is 26.9 Å². The number of hydrogen-bond acceptors (Lipinski definition) is 5. The lowest BCUT2D eigenvalue weighted by Crippen LogP contribution is -2.07. The van der Waals surface area contributed by atoms with Crippen molar-refractivity contribution in [3.8, 4) is 17.2 Å². The van der Waals surface area contributed by atoms with Crippen LogP contribution < -0.4 is 19.5 Å². The second-order valence-electron chi connectivity index (χ2n) is 5.78. The van der Waals surface area contributed by atoms with E-state index in [1.54, 1.807) is 0 Å². The third kappa shape index (κ3) is 3.79. The highest BCUT2D eigenvalue weighted by Crippen LogP contribution is 2.46. The average Bonchev–Trinajstić information content (AvgIpc) is 2.60. The average molecular weight is 345 g/mol. The molecule has 2 N–H and O–H groups in total. The van der Waals surface area contributed by atoms with Gasteiger partial charge in [-0.2, -0.15) is 0 Å². The van der Waals surface area contributed by atoms with Gasteiger partial charge in [0.1, 0.15) is 5.69 Å². The van der Waals surface area contributed by atoms with E-state index < -0.39 is 5.97 Å². The zero-order valence-corrected chi connectivity index (χ0v) is 15.0. The van der Waals surface area contributed by atoms with E-state index in [9.17, 15) is 9.90 Å². The van der Waals surface area contributed by atoms with Gasteiger partial charge in [-0.25, -0.2) is 4.79 Å². The highest BCUT2D eigenvalue weighted by atomic mass is 16.5. The molecule has 0 heterocycles. The Hall–Kier alpha value is -2.89. The lowest BCUT2D eigenvalue weighted by molar-refractivity contribution is 0.0697. The van der Waals surface area contributed by atoms with Crippen LogP contribution in [0.15, 0.2) is 30.3 Å². The normalized spacial score (nSPS) is 10.5. The Morgan fingerprint density at radius 2 is 1.72 bits per heavy atom. The molecule has 0 atom stereocenters. The molecule has 0 aliphatic rings. The maximum atomic E-state index is 11.7. The van der Waals surface area contributed by atoms with E-state index in [4.69, 9.17) is 14.2 Å². The highest BCUT2D eigenvalue weighted by molar-refractivity contribution is 5.99. The van der Waals surface area contributed by atoms with Crippen LogP contribution in [-0.2, 0) is 0 Å². The number of aromatic carboxylic acids is 1. The Kier molecular flexibility index (Phi) is 5.75. The van der Waals surface area contributed by atoms with E-state index in [0.29, 0.717) is 23.1 Å². The third-order valence-electron chi connectivity index (χ3n) is 3.88. The molecule has 0 unspecified atom stereocenters. The van der Waals surface area contributed by atoms with Crippen LogP contribution in [-0.4, -0.2) is 32.4 Å². The molecule has 0 radical (unpaired) electrons. The van der Waals surface area contributed by atoms with Crippen LogP contribution in [0.5, 0.6) is 17.2 Å². The Labute approximate surface area is 147 Å². The number of carbonyl (C=O) groups is 1. The Bertz CT molecular complexity index is 771. The van der Waals surface area contributed by atoms with Crippen LogP contribution >= 0.6 is 0 Å². The number of carboxylic acids is 1. The minimum atomic E-state index is -1.10. The van der Waals surface area contributed by atoms with E-state index >= 15 is 0 Å². The topological polar surface area (TPSA) is 77.0 Å². The molecule has 25 heavy (non-hydrogen) atoms. The highest BCUT2D eigenvalue weighted by Gasteiger charge is 2.24. The van der Waals surface area contributed by atoms with Gasteiger partial charge in [-0.3, -0.25) is 0 Å². The quantitative estimate of drug-likeness (QED) is 0.780. The van der Waals surface area contributed by atoms with Gasteiger partial charge in [0.2, 0.25) is 5.75 Å². The summed E-state index contributed by atoms with van der Waals surface area (Å²) in [5.74, 6) is 0.153. The lowest BCUT2D eigenvalue weighted by atomic mass is 10.0. The van der Waals surface area contributed by atoms with Gasteiger partial charge in [0, 0.05) is 11.8 Å². The first-order valence-corrected chi connectivity index (χ1v) is 7.86. The smallest absolute Gasteiger partial charge is 0.338 e. The molecule has 2 rings (SSSR count). The molecule has 0 aliphatic carbocycles. The van der Waals surface area contributed by atoms with Crippen molar-refractivity contribution in [3.63, 3.8) is 0 Å². The number of nitrogens with one attached hydrogen (secondary N) is 1. The molecule has 6 nitrogen and oxygen atoms in total. The summed E-state index contributed by atoms with van der Waals surface area (Å²) in [5.41, 5.74) is 2.25. The Balaban J connectivity index is 2.62. The van der Waals surface area contributed by atoms with Crippen LogP contribution in [0, 0.1) is 0 Å². The molecule has 0 amide bonds. The van der Waals surface area contributed by atoms with Crippen LogP contribution in [0.4, 0.5) is 11.4 Å². The fourth-order valence-electron chi connectivity index (χ4n) is 2.57. The predicted octanol–water partition coefficient (Wildman–Crippen LogP) is 4.28. The van der Waals surface area contributed by atoms with Crippen molar-refractivity contribution >= 4 is 17.3 Å². The summed E-state index contributed by atoms with van der Waals surface area (Å²) < 4.78 is 16.0. The second kappa shape index (κ2) is 7.79. The number of methoxy groups -OCH3 is 3. The van der Waals surface area contributed by atoms with Gasteiger partial charge >= 0.3 is 5.97 Å². The van der Waals surface area contributed by atoms with Crippen molar-refractivity contribution < 1.29 is 24.1 Å². The van der Waals surface area contributed by atoms with Crippen molar-refractivity contribution in [2.75, 3.05) is 26.6 Å². The first-order chi connectivity index (χ1) is 11.9. The van der Waals surface area contributed by atoms with Crippen molar-refractivity contribution in [1.82, 2.24) is 0 Å². The third-order valence-corrected chi connectivity index (χ3v) is 3.88. The molecule has 134 valence electrons. The maximum absolute atomic E-state index is 11.7. The maximum Gasteiger partial charge on any atom is 0.338 e. The molecular weight excluding hydrogens is 322 g/mol. The number of anilines is 2. The number of ether oxygens (including phenoxy) is 3. The molecule has 0 saturated heterocycles. The van der Waals surface area contributed by atoms with E-state index in [1.807, 2.05) is 24.3 Å². The standard InChI is InChI=1S/C19H23NO5/c1-11(2)12-7-6-8-13(9-12)20-16-14(19(21)22)10-15(23-3)17(24-4)18(16)25-5/h6-11,20H,1-5H3,(H,21,22). The van der Waals surface area contributed by atoms with Gasteiger partial charge in [-0.15, -0.1) is 0 Å². The summed E-state index contributed by atoms with van der Waals surface area (Å²) in [6.07, 6.45) is 0. The Morgan fingerprint density at radius 1 is 1.04 bits per heavy atom. The molecular formula is C19H23NO5. The van der Waals surface area contributed by atoms with Gasteiger partial charge < -0.3 is 24.6 Å². The van der Waals surface area contributed by atoms with E-state index in [2.05, 4.69) is 19.2 Å². The first kappa shape index (κ1) is 18.4. The predicted molar refractivity (Wildman–Crippen MR) is 96.9 cm³/mol. The number of rotatable bonds is 7. The minimum absolute atomic E-state index is 0.0319. The van der Waals surface area contributed by atoms with Crippen LogP contribution in [0.25, 0.3) is 0 Å². The summed E-state index contributed by atoms with van der Waals surface area (Å²) >= 11 is 0. The summed E-state index contributed by atoms with van der Waals surface area (Å²) in [5, 5.41) is 12.8. The number of carboxylic acid groups (broad SMARTS) is 1. The van der Waals surface area contributed by atoms with Gasteiger partial charge in [-0.1, -0.05) is 26.0 Å².